The molecule has 2 saturated heterocycles. The second kappa shape index (κ2) is 7.23. The molecule has 1 aromatic rings. The Hall–Kier alpha value is -2.06. The maximum atomic E-state index is 13.6. The summed E-state index contributed by atoms with van der Waals surface area (Å²) in [5.41, 5.74) is 1.20. The molecule has 0 bridgehead atoms. The summed E-state index contributed by atoms with van der Waals surface area (Å²) in [4.78, 5) is 15.3. The number of carbonyl (C=O) groups excluding carboxylic acids is 1. The Bertz CT molecular complexity index is 1040. The van der Waals surface area contributed by atoms with E-state index in [1.165, 1.54) is 0 Å². The van der Waals surface area contributed by atoms with Gasteiger partial charge < -0.3 is 15.1 Å². The zero-order chi connectivity index (χ0) is 28.4. The third kappa shape index (κ3) is 3.70. The summed E-state index contributed by atoms with van der Waals surface area (Å²) < 4.78 is 105. The van der Waals surface area contributed by atoms with Crippen LogP contribution in [0.2, 0.25) is 1.41 Å². The minimum Gasteiger partial charge on any atom is -0.371 e. The van der Waals surface area contributed by atoms with Crippen molar-refractivity contribution in [3.05, 3.63) is 29.8 Å². The van der Waals surface area contributed by atoms with Gasteiger partial charge in [-0.1, -0.05) is 0 Å². The molecule has 128 valence electrons. The minimum absolute atomic E-state index is 0.0591. The SMILES string of the molecule is [2H]N1[C@@]([2H])(C([2H])([2H])[2H])C([2H])([2H])N(C(=O)C2CCN(c3ccc(C#N)cc3)CC2)C([2H])([2H])[C@@]1([2H])C([2H])([2H])[2H]. The molecule has 2 aliphatic heterocycles. The van der Waals surface area contributed by atoms with Gasteiger partial charge >= 0.3 is 0 Å². The Morgan fingerprint density at radius 1 is 1.33 bits per heavy atom. The van der Waals surface area contributed by atoms with Gasteiger partial charge in [0.2, 0.25) is 5.91 Å². The van der Waals surface area contributed by atoms with Crippen LogP contribution in [-0.2, 0) is 4.79 Å². The van der Waals surface area contributed by atoms with Gasteiger partial charge in [-0.2, -0.15) is 5.26 Å². The van der Waals surface area contributed by atoms with Crippen molar-refractivity contribution in [2.45, 2.75) is 38.6 Å². The van der Waals surface area contributed by atoms with Crippen LogP contribution in [0.3, 0.4) is 0 Å². The Morgan fingerprint density at radius 3 is 2.50 bits per heavy atom. The van der Waals surface area contributed by atoms with Crippen LogP contribution < -0.4 is 10.2 Å². The molecule has 1 aromatic carbocycles. The standard InChI is InChI=1S/C19H26N4O/c1-14-12-23(13-15(2)21-14)19(24)17-7-9-22(10-8-17)18-5-3-16(11-20)4-6-18/h3-6,14-15,17,21H,7-10,12-13H2,1-2H3/t14-,15+/i1D3,2D3,12D2,13D2,14D,15D/hD. The van der Waals surface area contributed by atoms with Gasteiger partial charge in [0.1, 0.15) is 1.41 Å². The van der Waals surface area contributed by atoms with Crippen LogP contribution >= 0.6 is 0 Å². The van der Waals surface area contributed by atoms with E-state index in [-0.39, 0.29) is 30.8 Å². The van der Waals surface area contributed by atoms with E-state index < -0.39 is 55.9 Å². The minimum atomic E-state index is -3.80. The van der Waals surface area contributed by atoms with Crippen molar-refractivity contribution < 1.29 is 22.7 Å². The zero-order valence-electron chi connectivity index (χ0n) is 25.9. The van der Waals surface area contributed by atoms with Gasteiger partial charge in [0, 0.05) is 60.7 Å². The van der Waals surface area contributed by atoms with E-state index in [0.717, 1.165) is 5.69 Å². The van der Waals surface area contributed by atoms with Crippen LogP contribution in [0.1, 0.15) is 48.6 Å². The Morgan fingerprint density at radius 2 is 1.96 bits per heavy atom. The van der Waals surface area contributed by atoms with Crippen molar-refractivity contribution in [1.82, 2.24) is 10.2 Å². The van der Waals surface area contributed by atoms with E-state index in [2.05, 4.69) is 0 Å². The lowest BCUT2D eigenvalue weighted by Gasteiger charge is -2.40. The zero-order valence-corrected chi connectivity index (χ0v) is 12.9. The Labute approximate surface area is 162 Å². The quantitative estimate of drug-likeness (QED) is 0.895. The fourth-order valence-corrected chi connectivity index (χ4v) is 2.83. The predicted molar refractivity (Wildman–Crippen MR) is 94.7 cm³/mol. The van der Waals surface area contributed by atoms with Gasteiger partial charge in [-0.15, -0.1) is 0 Å². The number of nitrogens with one attached hydrogen (secondary N) is 1. The largest absolute Gasteiger partial charge is 0.371 e. The van der Waals surface area contributed by atoms with Crippen molar-refractivity contribution in [3.8, 4) is 6.07 Å². The molecule has 1 amide bonds. The van der Waals surface area contributed by atoms with Crippen LogP contribution in [-0.4, -0.2) is 48.9 Å². The van der Waals surface area contributed by atoms with Crippen LogP contribution in [0.4, 0.5) is 5.69 Å². The number of piperidine rings is 1. The lowest BCUT2D eigenvalue weighted by atomic mass is 9.94. The summed E-state index contributed by atoms with van der Waals surface area (Å²) in [5, 5.41) is 8.29. The second-order valence-electron chi connectivity index (χ2n) is 5.63. The number of hydrogen-bond donors (Lipinski definition) is 1. The first-order valence-corrected chi connectivity index (χ1v) is 7.58. The highest BCUT2D eigenvalue weighted by atomic mass is 16.2. The van der Waals surface area contributed by atoms with Crippen LogP contribution in [0, 0.1) is 17.2 Å². The highest BCUT2D eigenvalue weighted by Gasteiger charge is 2.32. The molecule has 5 nitrogen and oxygen atoms in total. The third-order valence-corrected chi connectivity index (χ3v) is 4.09. The predicted octanol–water partition coefficient (Wildman–Crippen LogP) is 1.98. The molecular weight excluding hydrogens is 300 g/mol. The van der Waals surface area contributed by atoms with Gasteiger partial charge in [0.25, 0.3) is 0 Å². The highest BCUT2D eigenvalue weighted by Crippen LogP contribution is 2.25. The van der Waals surface area contributed by atoms with Gasteiger partial charge in [0.05, 0.1) is 17.1 Å². The fourth-order valence-electron chi connectivity index (χ4n) is 2.83. The molecule has 0 aromatic heterocycles. The molecule has 0 unspecified atom stereocenters. The molecule has 2 heterocycles. The fraction of sp³-hybridized carbons (Fsp3) is 0.579. The molecule has 0 radical (unpaired) electrons. The molecule has 2 aliphatic rings. The smallest absolute Gasteiger partial charge is 0.225 e. The summed E-state index contributed by atoms with van der Waals surface area (Å²) in [7, 11) is 0. The third-order valence-electron chi connectivity index (χ3n) is 4.09. The van der Waals surface area contributed by atoms with Crippen molar-refractivity contribution in [1.29, 1.82) is 5.26 Å². The van der Waals surface area contributed by atoms with E-state index in [1.807, 2.05) is 11.0 Å². The lowest BCUT2D eigenvalue weighted by molar-refractivity contribution is -0.138. The number of hydrogen-bond acceptors (Lipinski definition) is 4. The first-order valence-electron chi connectivity index (χ1n) is 14.0. The number of anilines is 1. The summed E-state index contributed by atoms with van der Waals surface area (Å²) in [6.07, 6.45) is 0.118. The number of rotatable bonds is 2. The average molecular weight is 340 g/mol. The number of carbonyl (C=O) groups is 1. The van der Waals surface area contributed by atoms with Crippen molar-refractivity contribution in [2.75, 3.05) is 31.0 Å². The van der Waals surface area contributed by atoms with Gasteiger partial charge in [-0.3, -0.25) is 4.79 Å². The average Bonchev–Trinajstić information content (AvgIpc) is 2.80. The van der Waals surface area contributed by atoms with Crippen LogP contribution in [0.5, 0.6) is 0 Å². The monoisotopic (exact) mass is 339 g/mol. The van der Waals surface area contributed by atoms with E-state index in [0.29, 0.717) is 5.56 Å². The molecule has 24 heavy (non-hydrogen) atoms. The van der Waals surface area contributed by atoms with E-state index in [1.54, 1.807) is 24.3 Å². The summed E-state index contributed by atoms with van der Waals surface area (Å²) in [5.74, 6) is -2.34. The molecule has 2 fully saturated rings. The topological polar surface area (TPSA) is 59.4 Å². The number of benzene rings is 1. The second-order valence-corrected chi connectivity index (χ2v) is 5.63. The molecule has 3 rings (SSSR count). The molecule has 0 saturated carbocycles. The van der Waals surface area contributed by atoms with Gasteiger partial charge in [-0.05, 0) is 50.8 Å². The maximum Gasteiger partial charge on any atom is 0.225 e. The summed E-state index contributed by atoms with van der Waals surface area (Å²) in [6.45, 7) is -14.4. The summed E-state index contributed by atoms with van der Waals surface area (Å²) in [6, 6.07) is 1.03. The molecule has 0 spiro atoms. The van der Waals surface area contributed by atoms with E-state index in [4.69, 9.17) is 23.1 Å². The highest BCUT2D eigenvalue weighted by molar-refractivity contribution is 5.79. The van der Waals surface area contributed by atoms with Gasteiger partial charge in [-0.25, -0.2) is 0 Å². The lowest BCUT2D eigenvalue weighted by Crippen LogP contribution is -2.57. The molecule has 1 N–H and O–H groups in total. The van der Waals surface area contributed by atoms with E-state index >= 15 is 0 Å². The molecule has 5 heteroatoms. The van der Waals surface area contributed by atoms with Gasteiger partial charge in [0.15, 0.2) is 0 Å². The first-order chi connectivity index (χ1) is 16.7. The molecule has 0 aliphatic carbocycles. The van der Waals surface area contributed by atoms with E-state index in [9.17, 15) is 4.79 Å². The maximum absolute atomic E-state index is 13.6. The Balaban J connectivity index is 2.01. The Kier molecular flexibility index (Phi) is 2.12. The number of piperazine rings is 1. The summed E-state index contributed by atoms with van der Waals surface area (Å²) >= 11 is 0. The number of nitrogens with zero attached hydrogens (tertiary/aromatic N) is 3. The molecule has 2 atom stereocenters. The van der Waals surface area contributed by atoms with Crippen molar-refractivity contribution in [3.63, 3.8) is 0 Å². The van der Waals surface area contributed by atoms with Crippen molar-refractivity contribution in [2.24, 2.45) is 5.92 Å². The number of amides is 1. The van der Waals surface area contributed by atoms with Crippen LogP contribution in [0.15, 0.2) is 24.3 Å². The first kappa shape index (κ1) is 7.05. The number of nitriles is 1. The van der Waals surface area contributed by atoms with Crippen LogP contribution in [0.25, 0.3) is 0 Å². The molecular formula is C19H26N4O. The normalized spacial score (nSPS) is 45.5. The van der Waals surface area contributed by atoms with Crippen molar-refractivity contribution >= 4 is 11.6 Å².